The Morgan fingerprint density at radius 1 is 1.12 bits per heavy atom. The molecule has 2 aromatic rings. The third kappa shape index (κ3) is 5.33. The molecule has 0 aliphatic rings. The Balaban J connectivity index is 1.89. The predicted molar refractivity (Wildman–Crippen MR) is 84.2 cm³/mol. The number of carbonyl (C=O) groups is 2. The van der Waals surface area contributed by atoms with Gasteiger partial charge in [0.1, 0.15) is 18.7 Å². The molecule has 0 unspecified atom stereocenters. The van der Waals surface area contributed by atoms with E-state index in [0.717, 1.165) is 16.5 Å². The molecule has 0 fully saturated rings. The zero-order valence-corrected chi connectivity index (χ0v) is 13.4. The number of carbonyl (C=O) groups excluding carboxylic acids is 2. The van der Waals surface area contributed by atoms with Gasteiger partial charge in [-0.25, -0.2) is 20.2 Å². The number of rotatable bonds is 6. The number of benzene rings is 1. The second-order valence-electron chi connectivity index (χ2n) is 4.89. The van der Waals surface area contributed by atoms with Gasteiger partial charge in [-0.2, -0.15) is 0 Å². The summed E-state index contributed by atoms with van der Waals surface area (Å²) in [7, 11) is 1.58. The first-order valence-corrected chi connectivity index (χ1v) is 7.18. The van der Waals surface area contributed by atoms with Crippen LogP contribution < -0.4 is 10.2 Å². The van der Waals surface area contributed by atoms with E-state index in [4.69, 9.17) is 9.57 Å². The molecule has 24 heavy (non-hydrogen) atoms. The molecule has 8 heteroatoms. The minimum absolute atomic E-state index is 0.0382. The Bertz CT molecular complexity index is 676. The fourth-order valence-electron chi connectivity index (χ4n) is 1.82. The van der Waals surface area contributed by atoms with E-state index in [2.05, 4.69) is 15.4 Å². The van der Waals surface area contributed by atoms with E-state index in [-0.39, 0.29) is 13.0 Å². The Morgan fingerprint density at radius 3 is 2.38 bits per heavy atom. The van der Waals surface area contributed by atoms with Gasteiger partial charge >= 0.3 is 0 Å². The van der Waals surface area contributed by atoms with Crippen LogP contribution in [0.25, 0.3) is 0 Å². The van der Waals surface area contributed by atoms with Gasteiger partial charge < -0.3 is 4.74 Å². The molecule has 0 aliphatic heterocycles. The molecule has 126 valence electrons. The van der Waals surface area contributed by atoms with Gasteiger partial charge in [0.05, 0.1) is 13.5 Å². The van der Waals surface area contributed by atoms with E-state index in [1.54, 1.807) is 31.4 Å². The first-order chi connectivity index (χ1) is 11.6. The van der Waals surface area contributed by atoms with Crippen molar-refractivity contribution < 1.29 is 19.2 Å². The van der Waals surface area contributed by atoms with Gasteiger partial charge in [0.15, 0.2) is 0 Å². The summed E-state index contributed by atoms with van der Waals surface area (Å²) in [6, 6.07) is 7.18. The van der Waals surface area contributed by atoms with Crippen molar-refractivity contribution in [3.63, 3.8) is 0 Å². The maximum atomic E-state index is 12.0. The number of methoxy groups -OCH3 is 1. The van der Waals surface area contributed by atoms with E-state index in [1.165, 1.54) is 25.6 Å². The molecule has 0 saturated carbocycles. The lowest BCUT2D eigenvalue weighted by Gasteiger charge is -2.20. The Labute approximate surface area is 139 Å². The normalized spacial score (nSPS) is 10.1. The molecular formula is C16H18N4O4. The first-order valence-electron chi connectivity index (χ1n) is 7.18. The molecule has 0 spiro atoms. The van der Waals surface area contributed by atoms with E-state index >= 15 is 0 Å². The zero-order valence-electron chi connectivity index (χ0n) is 13.4. The molecule has 0 aliphatic carbocycles. The quantitative estimate of drug-likeness (QED) is 0.796. The van der Waals surface area contributed by atoms with Crippen LogP contribution in [0, 0.1) is 0 Å². The van der Waals surface area contributed by atoms with Crippen LogP contribution in [0.15, 0.2) is 43.0 Å². The summed E-state index contributed by atoms with van der Waals surface area (Å²) in [5.74, 6) is -0.128. The average Bonchev–Trinajstić information content (AvgIpc) is 2.59. The minimum Gasteiger partial charge on any atom is -0.497 e. The highest BCUT2D eigenvalue weighted by atomic mass is 16.7. The molecule has 1 heterocycles. The van der Waals surface area contributed by atoms with Crippen molar-refractivity contribution in [2.45, 2.75) is 20.0 Å². The van der Waals surface area contributed by atoms with Gasteiger partial charge in [0, 0.05) is 19.3 Å². The van der Waals surface area contributed by atoms with Crippen molar-refractivity contribution in [1.82, 2.24) is 20.6 Å². The lowest BCUT2D eigenvalue weighted by Crippen LogP contribution is -2.45. The lowest BCUT2D eigenvalue weighted by molar-refractivity contribution is -0.210. The number of nitrogens with one attached hydrogen (secondary N) is 1. The second-order valence-corrected chi connectivity index (χ2v) is 4.89. The number of nitrogens with zero attached hydrogens (tertiary/aromatic N) is 3. The van der Waals surface area contributed by atoms with Gasteiger partial charge in [-0.05, 0) is 23.3 Å². The topological polar surface area (TPSA) is 93.7 Å². The summed E-state index contributed by atoms with van der Waals surface area (Å²) in [4.78, 5) is 36.6. The molecule has 0 radical (unpaired) electrons. The minimum atomic E-state index is -0.443. The summed E-state index contributed by atoms with van der Waals surface area (Å²) in [5, 5.41) is 0.816. The van der Waals surface area contributed by atoms with Crippen molar-refractivity contribution in [1.29, 1.82) is 0 Å². The van der Waals surface area contributed by atoms with E-state index in [0.29, 0.717) is 5.56 Å². The number of amides is 2. The summed E-state index contributed by atoms with van der Waals surface area (Å²) in [6.07, 6.45) is 4.48. The Morgan fingerprint density at radius 2 is 1.79 bits per heavy atom. The third-order valence-corrected chi connectivity index (χ3v) is 3.01. The van der Waals surface area contributed by atoms with E-state index < -0.39 is 11.8 Å². The van der Waals surface area contributed by atoms with Crippen LogP contribution in [0.4, 0.5) is 0 Å². The smallest absolute Gasteiger partial charge is 0.263 e. The Hall–Kier alpha value is -3.00. The number of hydrazine groups is 1. The third-order valence-electron chi connectivity index (χ3n) is 3.01. The number of ether oxygens (including phenoxy) is 1. The summed E-state index contributed by atoms with van der Waals surface area (Å²) < 4.78 is 5.07. The lowest BCUT2D eigenvalue weighted by atomic mass is 10.2. The summed E-state index contributed by atoms with van der Waals surface area (Å²) in [6.45, 7) is 1.41. The molecule has 0 bridgehead atoms. The van der Waals surface area contributed by atoms with Crippen molar-refractivity contribution in [2.75, 3.05) is 7.11 Å². The zero-order chi connectivity index (χ0) is 17.4. The average molecular weight is 330 g/mol. The van der Waals surface area contributed by atoms with Crippen LogP contribution in [0.2, 0.25) is 0 Å². The van der Waals surface area contributed by atoms with Crippen LogP contribution in [0.1, 0.15) is 18.1 Å². The number of hydrogen-bond donors (Lipinski definition) is 1. The highest BCUT2D eigenvalue weighted by Crippen LogP contribution is 2.12. The summed E-state index contributed by atoms with van der Waals surface area (Å²) in [5.41, 5.74) is 3.86. The Kier molecular flexibility index (Phi) is 6.21. The van der Waals surface area contributed by atoms with Crippen molar-refractivity contribution >= 4 is 11.8 Å². The van der Waals surface area contributed by atoms with Crippen LogP contribution in [-0.4, -0.2) is 34.1 Å². The molecular weight excluding hydrogens is 312 g/mol. The van der Waals surface area contributed by atoms with Gasteiger partial charge in [0.2, 0.25) is 5.91 Å². The number of hydrogen-bond acceptors (Lipinski definition) is 6. The van der Waals surface area contributed by atoms with E-state index in [1.807, 2.05) is 0 Å². The molecule has 0 saturated heterocycles. The fourth-order valence-corrected chi connectivity index (χ4v) is 1.82. The largest absolute Gasteiger partial charge is 0.497 e. The maximum Gasteiger partial charge on any atom is 0.263 e. The van der Waals surface area contributed by atoms with Crippen molar-refractivity contribution in [3.05, 3.63) is 54.1 Å². The maximum absolute atomic E-state index is 12.0. The van der Waals surface area contributed by atoms with Crippen molar-refractivity contribution in [2.24, 2.45) is 0 Å². The molecule has 2 amide bonds. The SMILES string of the molecule is COc1ccc(CON(NC(=O)Cc2cncnc2)C(C)=O)cc1. The number of aromatic nitrogens is 2. The van der Waals surface area contributed by atoms with Crippen LogP contribution in [0.3, 0.4) is 0 Å². The van der Waals surface area contributed by atoms with Crippen molar-refractivity contribution in [3.8, 4) is 5.75 Å². The molecule has 1 aromatic carbocycles. The van der Waals surface area contributed by atoms with Crippen LogP contribution >= 0.6 is 0 Å². The fraction of sp³-hybridized carbons (Fsp3) is 0.250. The van der Waals surface area contributed by atoms with Gasteiger partial charge in [-0.1, -0.05) is 12.1 Å². The second kappa shape index (κ2) is 8.59. The van der Waals surface area contributed by atoms with Gasteiger partial charge in [-0.15, -0.1) is 5.17 Å². The predicted octanol–water partition coefficient (Wildman–Crippen LogP) is 1.04. The number of hydroxylamine groups is 1. The van der Waals surface area contributed by atoms with E-state index in [9.17, 15) is 9.59 Å². The van der Waals surface area contributed by atoms with Crippen LogP contribution in [-0.2, 0) is 27.5 Å². The molecule has 8 nitrogen and oxygen atoms in total. The van der Waals surface area contributed by atoms with Gasteiger partial charge in [0.25, 0.3) is 5.91 Å². The van der Waals surface area contributed by atoms with Crippen LogP contribution in [0.5, 0.6) is 5.75 Å². The molecule has 2 rings (SSSR count). The molecule has 1 N–H and O–H groups in total. The standard InChI is InChI=1S/C16H18N4O4/c1-12(21)20(19-16(22)7-14-8-17-11-18-9-14)24-10-13-3-5-15(23-2)6-4-13/h3-6,8-9,11H,7,10H2,1-2H3,(H,19,22). The molecule has 1 aromatic heterocycles. The first kappa shape index (κ1) is 17.4. The monoisotopic (exact) mass is 330 g/mol. The van der Waals surface area contributed by atoms with Gasteiger partial charge in [-0.3, -0.25) is 9.59 Å². The highest BCUT2D eigenvalue weighted by molar-refractivity contribution is 5.81. The molecule has 0 atom stereocenters. The highest BCUT2D eigenvalue weighted by Gasteiger charge is 2.14. The summed E-state index contributed by atoms with van der Waals surface area (Å²) >= 11 is 0.